The molecule has 1 fully saturated rings. The summed E-state index contributed by atoms with van der Waals surface area (Å²) in [7, 11) is 0. The molecule has 1 saturated carbocycles. The van der Waals surface area contributed by atoms with Crippen LogP contribution in [0.25, 0.3) is 0 Å². The van der Waals surface area contributed by atoms with Gasteiger partial charge < -0.3 is 5.11 Å². The predicted molar refractivity (Wildman–Crippen MR) is 57.1 cm³/mol. The molecule has 1 aliphatic carbocycles. The van der Waals surface area contributed by atoms with Crippen LogP contribution >= 0.6 is 0 Å². The van der Waals surface area contributed by atoms with Crippen molar-refractivity contribution < 1.29 is 9.90 Å². The fourth-order valence-electron chi connectivity index (χ4n) is 2.43. The molecule has 80 valence electrons. The van der Waals surface area contributed by atoms with Crippen LogP contribution in [0.15, 0.2) is 12.2 Å². The monoisotopic (exact) mass is 196 g/mol. The number of carbonyl (C=O) groups is 1. The van der Waals surface area contributed by atoms with Gasteiger partial charge in [-0.1, -0.05) is 31.4 Å². The lowest BCUT2D eigenvalue weighted by Crippen LogP contribution is -2.35. The molecule has 0 aromatic carbocycles. The topological polar surface area (TPSA) is 37.3 Å². The van der Waals surface area contributed by atoms with E-state index in [2.05, 4.69) is 0 Å². The molecule has 1 aliphatic rings. The summed E-state index contributed by atoms with van der Waals surface area (Å²) in [6.07, 6.45) is 9.48. The molecule has 0 bridgehead atoms. The standard InChI is InChI=1S/C12H20O2/c1-3-9-12(2,11(13)14)10-7-5-4-6-8-10/h3,9-10H,4-8H2,1-2H3,(H,13,14)/b9-3+/t12-/m1/s1. The van der Waals surface area contributed by atoms with Gasteiger partial charge in [-0.05, 0) is 32.6 Å². The molecule has 0 unspecified atom stereocenters. The van der Waals surface area contributed by atoms with E-state index in [9.17, 15) is 9.90 Å². The van der Waals surface area contributed by atoms with Crippen LogP contribution in [-0.4, -0.2) is 11.1 Å². The molecule has 0 amide bonds. The summed E-state index contributed by atoms with van der Waals surface area (Å²) in [6, 6.07) is 0. The molecule has 1 rings (SSSR count). The summed E-state index contributed by atoms with van der Waals surface area (Å²) in [5, 5.41) is 9.26. The normalized spacial score (nSPS) is 23.6. The third-order valence-corrected chi connectivity index (χ3v) is 3.43. The maximum absolute atomic E-state index is 11.3. The molecule has 0 heterocycles. The number of allylic oxidation sites excluding steroid dienone is 1. The Balaban J connectivity index is 2.80. The van der Waals surface area contributed by atoms with Gasteiger partial charge in [0.1, 0.15) is 0 Å². The van der Waals surface area contributed by atoms with E-state index < -0.39 is 11.4 Å². The highest BCUT2D eigenvalue weighted by molar-refractivity contribution is 5.77. The molecular formula is C12H20O2. The van der Waals surface area contributed by atoms with Crippen molar-refractivity contribution in [3.05, 3.63) is 12.2 Å². The lowest BCUT2D eigenvalue weighted by atomic mass is 9.70. The molecule has 2 heteroatoms. The minimum atomic E-state index is -0.678. The fraction of sp³-hybridized carbons (Fsp3) is 0.750. The van der Waals surface area contributed by atoms with E-state index in [4.69, 9.17) is 0 Å². The molecule has 0 spiro atoms. The molecule has 1 atom stereocenters. The SMILES string of the molecule is C/C=C/[C@@](C)(C(=O)O)C1CCCCC1. The van der Waals surface area contributed by atoms with E-state index in [0.29, 0.717) is 5.92 Å². The van der Waals surface area contributed by atoms with Gasteiger partial charge in [0.2, 0.25) is 0 Å². The number of carboxylic acids is 1. The lowest BCUT2D eigenvalue weighted by molar-refractivity contribution is -0.148. The third-order valence-electron chi connectivity index (χ3n) is 3.43. The Bertz CT molecular complexity index is 226. The van der Waals surface area contributed by atoms with Gasteiger partial charge in [-0.25, -0.2) is 0 Å². The Hall–Kier alpha value is -0.790. The average Bonchev–Trinajstić information content (AvgIpc) is 2.19. The maximum Gasteiger partial charge on any atom is 0.313 e. The van der Waals surface area contributed by atoms with Crippen molar-refractivity contribution in [3.8, 4) is 0 Å². The van der Waals surface area contributed by atoms with Crippen LogP contribution in [0.5, 0.6) is 0 Å². The molecule has 0 radical (unpaired) electrons. The molecule has 14 heavy (non-hydrogen) atoms. The predicted octanol–water partition coefficient (Wildman–Crippen LogP) is 3.23. The quantitative estimate of drug-likeness (QED) is 0.703. The van der Waals surface area contributed by atoms with Crippen molar-refractivity contribution in [2.45, 2.75) is 46.0 Å². The minimum absolute atomic E-state index is 0.324. The number of hydrogen-bond acceptors (Lipinski definition) is 1. The van der Waals surface area contributed by atoms with Crippen molar-refractivity contribution >= 4 is 5.97 Å². The molecule has 2 nitrogen and oxygen atoms in total. The third kappa shape index (κ3) is 2.17. The smallest absolute Gasteiger partial charge is 0.313 e. The van der Waals surface area contributed by atoms with Crippen LogP contribution in [0.1, 0.15) is 46.0 Å². The van der Waals surface area contributed by atoms with Gasteiger partial charge in [-0.3, -0.25) is 4.79 Å². The van der Waals surface area contributed by atoms with Gasteiger partial charge in [-0.15, -0.1) is 0 Å². The summed E-state index contributed by atoms with van der Waals surface area (Å²) >= 11 is 0. The maximum atomic E-state index is 11.3. The van der Waals surface area contributed by atoms with Gasteiger partial charge in [0, 0.05) is 0 Å². The Morgan fingerprint density at radius 3 is 2.36 bits per heavy atom. The van der Waals surface area contributed by atoms with Gasteiger partial charge >= 0.3 is 5.97 Å². The van der Waals surface area contributed by atoms with Crippen LogP contribution in [0.4, 0.5) is 0 Å². The highest BCUT2D eigenvalue weighted by Crippen LogP contribution is 2.39. The largest absolute Gasteiger partial charge is 0.481 e. The van der Waals surface area contributed by atoms with Crippen molar-refractivity contribution in [2.24, 2.45) is 11.3 Å². The Labute approximate surface area is 86.0 Å². The summed E-state index contributed by atoms with van der Waals surface area (Å²) in [6.45, 7) is 3.75. The van der Waals surface area contributed by atoms with Gasteiger partial charge in [0.05, 0.1) is 5.41 Å². The summed E-state index contributed by atoms with van der Waals surface area (Å²) < 4.78 is 0. The van der Waals surface area contributed by atoms with E-state index >= 15 is 0 Å². The lowest BCUT2D eigenvalue weighted by Gasteiger charge is -2.34. The van der Waals surface area contributed by atoms with Crippen LogP contribution in [0.3, 0.4) is 0 Å². The average molecular weight is 196 g/mol. The van der Waals surface area contributed by atoms with Crippen molar-refractivity contribution in [1.29, 1.82) is 0 Å². The number of hydrogen-bond donors (Lipinski definition) is 1. The number of rotatable bonds is 3. The van der Waals surface area contributed by atoms with Crippen molar-refractivity contribution in [2.75, 3.05) is 0 Å². The van der Waals surface area contributed by atoms with Gasteiger partial charge in [-0.2, -0.15) is 0 Å². The van der Waals surface area contributed by atoms with Crippen LogP contribution < -0.4 is 0 Å². The summed E-state index contributed by atoms with van der Waals surface area (Å²) in [4.78, 5) is 11.3. The van der Waals surface area contributed by atoms with Gasteiger partial charge in [0.25, 0.3) is 0 Å². The first-order valence-corrected chi connectivity index (χ1v) is 5.48. The van der Waals surface area contributed by atoms with E-state index in [1.54, 1.807) is 0 Å². The molecular weight excluding hydrogens is 176 g/mol. The second kappa shape index (κ2) is 4.63. The van der Waals surface area contributed by atoms with E-state index in [1.165, 1.54) is 19.3 Å². The van der Waals surface area contributed by atoms with Crippen molar-refractivity contribution in [3.63, 3.8) is 0 Å². The first-order chi connectivity index (χ1) is 6.61. The second-order valence-electron chi connectivity index (χ2n) is 4.42. The Morgan fingerprint density at radius 2 is 1.93 bits per heavy atom. The second-order valence-corrected chi connectivity index (χ2v) is 4.42. The van der Waals surface area contributed by atoms with Crippen LogP contribution in [-0.2, 0) is 4.79 Å². The zero-order chi connectivity index (χ0) is 10.6. The van der Waals surface area contributed by atoms with Crippen molar-refractivity contribution in [1.82, 2.24) is 0 Å². The highest BCUT2D eigenvalue weighted by Gasteiger charge is 2.39. The number of aliphatic carboxylic acids is 1. The molecule has 0 saturated heterocycles. The first kappa shape index (κ1) is 11.3. The van der Waals surface area contributed by atoms with E-state index in [0.717, 1.165) is 12.8 Å². The highest BCUT2D eigenvalue weighted by atomic mass is 16.4. The van der Waals surface area contributed by atoms with Crippen LogP contribution in [0, 0.1) is 11.3 Å². The zero-order valence-corrected chi connectivity index (χ0v) is 9.12. The fourth-order valence-corrected chi connectivity index (χ4v) is 2.43. The summed E-state index contributed by atoms with van der Waals surface area (Å²) in [5.41, 5.74) is -0.644. The Kier molecular flexibility index (Phi) is 3.73. The van der Waals surface area contributed by atoms with E-state index in [-0.39, 0.29) is 0 Å². The van der Waals surface area contributed by atoms with Gasteiger partial charge in [0.15, 0.2) is 0 Å². The Morgan fingerprint density at radius 1 is 1.36 bits per heavy atom. The van der Waals surface area contributed by atoms with Crippen LogP contribution in [0.2, 0.25) is 0 Å². The molecule has 0 aromatic heterocycles. The minimum Gasteiger partial charge on any atom is -0.481 e. The first-order valence-electron chi connectivity index (χ1n) is 5.48. The zero-order valence-electron chi connectivity index (χ0n) is 9.12. The van der Waals surface area contributed by atoms with E-state index in [1.807, 2.05) is 26.0 Å². The molecule has 0 aliphatic heterocycles. The molecule has 0 aromatic rings. The summed E-state index contributed by atoms with van der Waals surface area (Å²) in [5.74, 6) is -0.354. The molecule has 1 N–H and O–H groups in total. The number of carboxylic acid groups (broad SMARTS) is 1.